The van der Waals surface area contributed by atoms with Gasteiger partial charge in [-0.15, -0.1) is 0 Å². The molecule has 1 amide bonds. The third-order valence-corrected chi connectivity index (χ3v) is 3.12. The number of nitrogens with zero attached hydrogens (tertiary/aromatic N) is 1. The lowest BCUT2D eigenvalue weighted by atomic mass is 9.95. The van der Waals surface area contributed by atoms with Gasteiger partial charge in [0.25, 0.3) is 0 Å². The average Bonchev–Trinajstić information content (AvgIpc) is 2.38. The molecule has 1 rings (SSSR count). The standard InChI is InChI=1S/C14H18F3NO2/c1-10(8-13(20)18(2)6-7-19)11-4-3-5-12(9-11)14(15,16)17/h3-5,9-10,19H,6-8H2,1-2H3. The third kappa shape index (κ3) is 4.52. The molecule has 0 saturated carbocycles. The van der Waals surface area contributed by atoms with Crippen LogP contribution in [0.25, 0.3) is 0 Å². The largest absolute Gasteiger partial charge is 0.416 e. The van der Waals surface area contributed by atoms with Crippen molar-refractivity contribution < 1.29 is 23.1 Å². The minimum Gasteiger partial charge on any atom is -0.395 e. The molecule has 6 heteroatoms. The van der Waals surface area contributed by atoms with Crippen molar-refractivity contribution in [2.24, 2.45) is 0 Å². The minimum atomic E-state index is -4.38. The molecule has 0 saturated heterocycles. The lowest BCUT2D eigenvalue weighted by Gasteiger charge is -2.19. The van der Waals surface area contributed by atoms with Crippen molar-refractivity contribution in [3.63, 3.8) is 0 Å². The van der Waals surface area contributed by atoms with Crippen molar-refractivity contribution in [1.29, 1.82) is 0 Å². The monoisotopic (exact) mass is 289 g/mol. The van der Waals surface area contributed by atoms with E-state index < -0.39 is 11.7 Å². The Morgan fingerprint density at radius 2 is 2.05 bits per heavy atom. The molecule has 1 atom stereocenters. The van der Waals surface area contributed by atoms with E-state index in [9.17, 15) is 18.0 Å². The Kier molecular flexibility index (Phi) is 5.56. The van der Waals surface area contributed by atoms with E-state index in [0.29, 0.717) is 5.56 Å². The second-order valence-corrected chi connectivity index (χ2v) is 4.77. The van der Waals surface area contributed by atoms with E-state index in [-0.39, 0.29) is 31.4 Å². The molecule has 0 radical (unpaired) electrons. The summed E-state index contributed by atoms with van der Waals surface area (Å²) in [4.78, 5) is 13.2. The molecule has 0 aliphatic rings. The van der Waals surface area contributed by atoms with Crippen LogP contribution < -0.4 is 0 Å². The van der Waals surface area contributed by atoms with Crippen molar-refractivity contribution in [3.8, 4) is 0 Å². The summed E-state index contributed by atoms with van der Waals surface area (Å²) < 4.78 is 37.9. The molecule has 1 N–H and O–H groups in total. The van der Waals surface area contributed by atoms with Crippen molar-refractivity contribution in [3.05, 3.63) is 35.4 Å². The number of alkyl halides is 3. The predicted molar refractivity (Wildman–Crippen MR) is 69.2 cm³/mol. The number of amides is 1. The minimum absolute atomic E-state index is 0.109. The Hall–Kier alpha value is -1.56. The number of carbonyl (C=O) groups is 1. The van der Waals surface area contributed by atoms with E-state index in [1.807, 2.05) is 0 Å². The van der Waals surface area contributed by atoms with Crippen LogP contribution in [0, 0.1) is 0 Å². The van der Waals surface area contributed by atoms with Gasteiger partial charge >= 0.3 is 6.18 Å². The van der Waals surface area contributed by atoms with Gasteiger partial charge in [-0.3, -0.25) is 4.79 Å². The van der Waals surface area contributed by atoms with Crippen LogP contribution in [-0.2, 0) is 11.0 Å². The predicted octanol–water partition coefficient (Wildman–Crippen LogP) is 2.65. The molecule has 3 nitrogen and oxygen atoms in total. The molecule has 1 unspecified atom stereocenters. The number of halogens is 3. The Bertz CT molecular complexity index is 460. The van der Waals surface area contributed by atoms with Crippen molar-refractivity contribution in [1.82, 2.24) is 4.90 Å². The summed E-state index contributed by atoms with van der Waals surface area (Å²) in [6.45, 7) is 1.79. The molecule has 0 aliphatic carbocycles. The highest BCUT2D eigenvalue weighted by Gasteiger charge is 2.30. The summed E-state index contributed by atoms with van der Waals surface area (Å²) in [6, 6.07) is 5.01. The number of rotatable bonds is 5. The number of aliphatic hydroxyl groups is 1. The van der Waals surface area contributed by atoms with Gasteiger partial charge in [-0.05, 0) is 17.5 Å². The first-order valence-electron chi connectivity index (χ1n) is 6.27. The fourth-order valence-corrected chi connectivity index (χ4v) is 1.83. The summed E-state index contributed by atoms with van der Waals surface area (Å²) >= 11 is 0. The normalized spacial score (nSPS) is 13.1. The van der Waals surface area contributed by atoms with E-state index in [1.165, 1.54) is 11.0 Å². The SMILES string of the molecule is CC(CC(=O)N(C)CCO)c1cccc(C(F)(F)F)c1. The van der Waals surface area contributed by atoms with E-state index in [4.69, 9.17) is 5.11 Å². The maximum Gasteiger partial charge on any atom is 0.416 e. The van der Waals surface area contributed by atoms with Crippen molar-refractivity contribution in [2.45, 2.75) is 25.4 Å². The summed E-state index contributed by atoms with van der Waals surface area (Å²) in [5.41, 5.74) is -0.233. The van der Waals surface area contributed by atoms with Crippen LogP contribution in [0.1, 0.15) is 30.4 Å². The third-order valence-electron chi connectivity index (χ3n) is 3.12. The maximum atomic E-state index is 12.6. The van der Waals surface area contributed by atoms with Crippen LogP contribution >= 0.6 is 0 Å². The Morgan fingerprint density at radius 1 is 1.40 bits per heavy atom. The van der Waals surface area contributed by atoms with Gasteiger partial charge in [0.15, 0.2) is 0 Å². The van der Waals surface area contributed by atoms with E-state index in [1.54, 1.807) is 20.0 Å². The second-order valence-electron chi connectivity index (χ2n) is 4.77. The number of aliphatic hydroxyl groups excluding tert-OH is 1. The van der Waals surface area contributed by atoms with E-state index >= 15 is 0 Å². The van der Waals surface area contributed by atoms with Gasteiger partial charge in [0.05, 0.1) is 12.2 Å². The first kappa shape index (κ1) is 16.5. The zero-order valence-corrected chi connectivity index (χ0v) is 11.4. The zero-order chi connectivity index (χ0) is 15.3. The molecule has 0 aromatic heterocycles. The average molecular weight is 289 g/mol. The highest BCUT2D eigenvalue weighted by atomic mass is 19.4. The van der Waals surface area contributed by atoms with E-state index in [2.05, 4.69) is 0 Å². The maximum absolute atomic E-state index is 12.6. The fourth-order valence-electron chi connectivity index (χ4n) is 1.83. The van der Waals surface area contributed by atoms with Crippen LogP contribution in [0.3, 0.4) is 0 Å². The lowest BCUT2D eigenvalue weighted by molar-refractivity contribution is -0.137. The van der Waals surface area contributed by atoms with Crippen molar-refractivity contribution >= 4 is 5.91 Å². The molecule has 1 aromatic carbocycles. The number of carbonyl (C=O) groups excluding carboxylic acids is 1. The van der Waals surface area contributed by atoms with E-state index in [0.717, 1.165) is 12.1 Å². The molecule has 0 heterocycles. The zero-order valence-electron chi connectivity index (χ0n) is 11.4. The van der Waals surface area contributed by atoms with Crippen molar-refractivity contribution in [2.75, 3.05) is 20.2 Å². The van der Waals surface area contributed by atoms with Gasteiger partial charge in [-0.25, -0.2) is 0 Å². The van der Waals surface area contributed by atoms with Crippen LogP contribution in [0.2, 0.25) is 0 Å². The van der Waals surface area contributed by atoms with Gasteiger partial charge in [0.2, 0.25) is 5.91 Å². The molecule has 20 heavy (non-hydrogen) atoms. The molecule has 1 aromatic rings. The summed E-state index contributed by atoms with van der Waals surface area (Å²) in [5.74, 6) is -0.519. The molecular weight excluding hydrogens is 271 g/mol. The Morgan fingerprint density at radius 3 is 2.60 bits per heavy atom. The number of hydrogen-bond donors (Lipinski definition) is 1. The Labute approximate surface area is 116 Å². The molecule has 0 aliphatic heterocycles. The number of likely N-dealkylation sites (N-methyl/N-ethyl adjacent to an activating group) is 1. The van der Waals surface area contributed by atoms with Crippen LogP contribution in [0.15, 0.2) is 24.3 Å². The van der Waals surface area contributed by atoms with Gasteiger partial charge in [0, 0.05) is 20.0 Å². The molecule has 112 valence electrons. The first-order valence-corrected chi connectivity index (χ1v) is 6.27. The molecular formula is C14H18F3NO2. The summed E-state index contributed by atoms with van der Waals surface area (Å²) in [6.07, 6.45) is -4.27. The summed E-state index contributed by atoms with van der Waals surface area (Å²) in [7, 11) is 1.55. The molecule has 0 spiro atoms. The first-order chi connectivity index (χ1) is 9.25. The summed E-state index contributed by atoms with van der Waals surface area (Å²) in [5, 5.41) is 8.74. The second kappa shape index (κ2) is 6.74. The molecule has 0 bridgehead atoms. The van der Waals surface area contributed by atoms with Gasteiger partial charge in [-0.2, -0.15) is 13.2 Å². The highest BCUT2D eigenvalue weighted by Crippen LogP contribution is 2.31. The highest BCUT2D eigenvalue weighted by molar-refractivity contribution is 5.76. The Balaban J connectivity index is 2.78. The van der Waals surface area contributed by atoms with Crippen LogP contribution in [0.5, 0.6) is 0 Å². The quantitative estimate of drug-likeness (QED) is 0.905. The van der Waals surface area contributed by atoms with Crippen LogP contribution in [-0.4, -0.2) is 36.1 Å². The van der Waals surface area contributed by atoms with Gasteiger partial charge in [-0.1, -0.05) is 25.1 Å². The topological polar surface area (TPSA) is 40.5 Å². The van der Waals surface area contributed by atoms with Crippen LogP contribution in [0.4, 0.5) is 13.2 Å². The lowest BCUT2D eigenvalue weighted by Crippen LogP contribution is -2.30. The number of benzene rings is 1. The van der Waals surface area contributed by atoms with Gasteiger partial charge in [0.1, 0.15) is 0 Å². The molecule has 0 fully saturated rings. The van der Waals surface area contributed by atoms with Gasteiger partial charge < -0.3 is 10.0 Å². The smallest absolute Gasteiger partial charge is 0.395 e. The fraction of sp³-hybridized carbons (Fsp3) is 0.500. The number of hydrogen-bond acceptors (Lipinski definition) is 2.